The topological polar surface area (TPSA) is 84.6 Å². The van der Waals surface area contributed by atoms with E-state index < -0.39 is 6.36 Å². The second-order valence-electron chi connectivity index (χ2n) is 5.31. The number of nitrogens with zero attached hydrogens (tertiary/aromatic N) is 2. The van der Waals surface area contributed by atoms with Crippen LogP contribution in [0.2, 0.25) is 0 Å². The quantitative estimate of drug-likeness (QED) is 0.221. The Labute approximate surface area is 172 Å². The molecule has 27 heavy (non-hydrogen) atoms. The van der Waals surface area contributed by atoms with Gasteiger partial charge < -0.3 is 21.1 Å². The number of benzene rings is 1. The van der Waals surface area contributed by atoms with Crippen molar-refractivity contribution in [2.45, 2.75) is 19.2 Å². The van der Waals surface area contributed by atoms with Gasteiger partial charge in [0.1, 0.15) is 11.6 Å². The van der Waals surface area contributed by atoms with Gasteiger partial charge in [-0.3, -0.25) is 4.99 Å². The van der Waals surface area contributed by atoms with Crippen LogP contribution in [0, 0.1) is 0 Å². The Morgan fingerprint density at radius 2 is 1.85 bits per heavy atom. The molecule has 0 fully saturated rings. The fourth-order valence-corrected chi connectivity index (χ4v) is 2.05. The van der Waals surface area contributed by atoms with Crippen LogP contribution >= 0.6 is 24.0 Å². The van der Waals surface area contributed by atoms with Gasteiger partial charge in [0.25, 0.3) is 0 Å². The average Bonchev–Trinajstić information content (AvgIpc) is 2.59. The first kappa shape index (κ1) is 22.8. The van der Waals surface area contributed by atoms with Crippen molar-refractivity contribution in [1.82, 2.24) is 4.98 Å². The molecule has 1 aromatic heterocycles. The summed E-state index contributed by atoms with van der Waals surface area (Å²) in [5.41, 5.74) is 6.28. The zero-order chi connectivity index (χ0) is 18.8. The van der Waals surface area contributed by atoms with E-state index in [0.717, 1.165) is 25.2 Å². The molecule has 2 rings (SSSR count). The van der Waals surface area contributed by atoms with Crippen LogP contribution in [0.25, 0.3) is 0 Å². The number of aliphatic imine (C=N–C) groups is 1. The normalized spacial score (nSPS) is 11.4. The Hall–Kier alpha value is -2.24. The van der Waals surface area contributed by atoms with Crippen LogP contribution in [0.5, 0.6) is 5.75 Å². The van der Waals surface area contributed by atoms with Crippen LogP contribution in [0.15, 0.2) is 53.7 Å². The number of nitrogens with two attached hydrogens (primary N) is 1. The summed E-state index contributed by atoms with van der Waals surface area (Å²) in [7, 11) is 0. The summed E-state index contributed by atoms with van der Waals surface area (Å²) in [6.07, 6.45) is -1.25. The second kappa shape index (κ2) is 11.5. The first-order valence-electron chi connectivity index (χ1n) is 8.00. The molecule has 0 saturated heterocycles. The molecule has 0 radical (unpaired) electrons. The third-order valence-electron chi connectivity index (χ3n) is 3.20. The lowest BCUT2D eigenvalue weighted by Crippen LogP contribution is -2.23. The average molecular weight is 495 g/mol. The van der Waals surface area contributed by atoms with Crippen LogP contribution in [0.4, 0.5) is 24.7 Å². The molecule has 0 unspecified atom stereocenters. The Morgan fingerprint density at radius 3 is 2.48 bits per heavy atom. The van der Waals surface area contributed by atoms with Crippen molar-refractivity contribution in [3.63, 3.8) is 0 Å². The molecule has 0 spiro atoms. The predicted octanol–water partition coefficient (Wildman–Crippen LogP) is 4.22. The van der Waals surface area contributed by atoms with Crippen molar-refractivity contribution in [2.75, 3.05) is 23.7 Å². The first-order valence-corrected chi connectivity index (χ1v) is 8.00. The molecule has 6 nitrogen and oxygen atoms in total. The number of aromatic nitrogens is 1. The summed E-state index contributed by atoms with van der Waals surface area (Å²) in [5, 5.41) is 6.01. The van der Waals surface area contributed by atoms with Crippen molar-refractivity contribution < 1.29 is 17.9 Å². The van der Waals surface area contributed by atoms with Gasteiger partial charge in [0.05, 0.1) is 0 Å². The highest BCUT2D eigenvalue weighted by molar-refractivity contribution is 14.0. The molecule has 1 heterocycles. The molecule has 4 N–H and O–H groups in total. The molecule has 0 bridgehead atoms. The minimum absolute atomic E-state index is 0. The zero-order valence-electron chi connectivity index (χ0n) is 14.4. The van der Waals surface area contributed by atoms with Gasteiger partial charge in [0, 0.05) is 25.0 Å². The Kier molecular flexibility index (Phi) is 9.68. The predicted molar refractivity (Wildman–Crippen MR) is 111 cm³/mol. The molecular formula is C17H21F3IN5O. The van der Waals surface area contributed by atoms with Crippen LogP contribution in [0.1, 0.15) is 12.8 Å². The number of alkyl halides is 3. The van der Waals surface area contributed by atoms with E-state index in [2.05, 4.69) is 25.3 Å². The highest BCUT2D eigenvalue weighted by Crippen LogP contribution is 2.23. The van der Waals surface area contributed by atoms with Crippen molar-refractivity contribution in [3.05, 3.63) is 48.7 Å². The van der Waals surface area contributed by atoms with Gasteiger partial charge in [0.15, 0.2) is 5.96 Å². The Bertz CT molecular complexity index is 696. The molecule has 2 aromatic rings. The van der Waals surface area contributed by atoms with Gasteiger partial charge in [-0.2, -0.15) is 0 Å². The van der Waals surface area contributed by atoms with Crippen molar-refractivity contribution in [2.24, 2.45) is 10.7 Å². The van der Waals surface area contributed by atoms with Crippen molar-refractivity contribution in [1.29, 1.82) is 0 Å². The number of unbranched alkanes of at least 4 members (excludes halogenated alkanes) is 1. The highest BCUT2D eigenvalue weighted by atomic mass is 127. The third-order valence-corrected chi connectivity index (χ3v) is 3.20. The zero-order valence-corrected chi connectivity index (χ0v) is 16.7. The van der Waals surface area contributed by atoms with E-state index in [0.29, 0.717) is 12.2 Å². The maximum Gasteiger partial charge on any atom is 0.573 e. The maximum absolute atomic E-state index is 12.1. The van der Waals surface area contributed by atoms with E-state index in [1.807, 2.05) is 18.2 Å². The van der Waals surface area contributed by atoms with E-state index in [-0.39, 0.29) is 35.7 Å². The monoisotopic (exact) mass is 495 g/mol. The lowest BCUT2D eigenvalue weighted by atomic mass is 10.3. The van der Waals surface area contributed by atoms with Gasteiger partial charge in [-0.25, -0.2) is 4.98 Å². The van der Waals surface area contributed by atoms with E-state index in [1.54, 1.807) is 6.20 Å². The lowest BCUT2D eigenvalue weighted by molar-refractivity contribution is -0.274. The van der Waals surface area contributed by atoms with Crippen LogP contribution in [0.3, 0.4) is 0 Å². The summed E-state index contributed by atoms with van der Waals surface area (Å²) in [5.74, 6) is 0.737. The maximum atomic E-state index is 12.1. The summed E-state index contributed by atoms with van der Waals surface area (Å²) >= 11 is 0. The molecule has 0 aliphatic carbocycles. The lowest BCUT2D eigenvalue weighted by Gasteiger charge is -2.10. The molecule has 0 aliphatic heterocycles. The fourth-order valence-electron chi connectivity index (χ4n) is 2.05. The number of rotatable bonds is 8. The SMILES string of the molecule is I.NC(=NCCCCNc1ccccn1)Nc1ccc(OC(F)(F)F)cc1. The van der Waals surface area contributed by atoms with E-state index in [4.69, 9.17) is 5.73 Å². The standard InChI is InChI=1S/C17H20F3N5O.HI/c18-17(19,20)26-14-8-6-13(7-9-14)25-16(21)24-12-4-3-11-23-15-5-1-2-10-22-15;/h1-2,5-10H,3-4,11-12H2,(H,22,23)(H3,21,24,25);1H. The largest absolute Gasteiger partial charge is 0.573 e. The number of guanidine groups is 1. The summed E-state index contributed by atoms with van der Waals surface area (Å²) in [6.45, 7) is 1.32. The van der Waals surface area contributed by atoms with Crippen LogP contribution in [-0.2, 0) is 0 Å². The molecule has 1 aromatic carbocycles. The van der Waals surface area contributed by atoms with E-state index >= 15 is 0 Å². The van der Waals surface area contributed by atoms with Gasteiger partial charge in [-0.05, 0) is 49.2 Å². The smallest absolute Gasteiger partial charge is 0.406 e. The number of hydrogen-bond acceptors (Lipinski definition) is 4. The Balaban J connectivity index is 0.00000364. The van der Waals surface area contributed by atoms with Crippen LogP contribution in [-0.4, -0.2) is 30.4 Å². The van der Waals surface area contributed by atoms with Crippen LogP contribution < -0.4 is 21.1 Å². The van der Waals surface area contributed by atoms with Gasteiger partial charge >= 0.3 is 6.36 Å². The molecule has 10 heteroatoms. The number of hydrogen-bond donors (Lipinski definition) is 3. The Morgan fingerprint density at radius 1 is 1.11 bits per heavy atom. The minimum atomic E-state index is -4.71. The number of anilines is 2. The van der Waals surface area contributed by atoms with Crippen molar-refractivity contribution >= 4 is 41.4 Å². The molecule has 0 atom stereocenters. The second-order valence-corrected chi connectivity index (χ2v) is 5.31. The highest BCUT2D eigenvalue weighted by Gasteiger charge is 2.30. The van der Waals surface area contributed by atoms with E-state index in [9.17, 15) is 13.2 Å². The van der Waals surface area contributed by atoms with E-state index in [1.165, 1.54) is 24.3 Å². The molecule has 0 saturated carbocycles. The molecular weight excluding hydrogens is 474 g/mol. The molecule has 0 amide bonds. The molecule has 148 valence electrons. The number of halogens is 4. The number of ether oxygens (including phenoxy) is 1. The first-order chi connectivity index (χ1) is 12.4. The summed E-state index contributed by atoms with van der Waals surface area (Å²) < 4.78 is 40.1. The number of pyridine rings is 1. The summed E-state index contributed by atoms with van der Waals surface area (Å²) in [6, 6.07) is 10.9. The third kappa shape index (κ3) is 9.87. The molecule has 0 aliphatic rings. The number of nitrogens with one attached hydrogen (secondary N) is 2. The van der Waals surface area contributed by atoms with Gasteiger partial charge in [-0.1, -0.05) is 6.07 Å². The fraction of sp³-hybridized carbons (Fsp3) is 0.294. The van der Waals surface area contributed by atoms with Gasteiger partial charge in [0.2, 0.25) is 0 Å². The minimum Gasteiger partial charge on any atom is -0.406 e. The van der Waals surface area contributed by atoms with Gasteiger partial charge in [-0.15, -0.1) is 37.1 Å². The summed E-state index contributed by atoms with van der Waals surface area (Å²) in [4.78, 5) is 8.33. The van der Waals surface area contributed by atoms with Crippen molar-refractivity contribution in [3.8, 4) is 5.75 Å².